The van der Waals surface area contributed by atoms with Gasteiger partial charge in [0.15, 0.2) is 0 Å². The van der Waals surface area contributed by atoms with Crippen LogP contribution in [0.3, 0.4) is 0 Å². The molecule has 1 aromatic heterocycles. The number of carbonyl (C=O) groups is 1. The highest BCUT2D eigenvalue weighted by atomic mass is 35.5. The van der Waals surface area contributed by atoms with Crippen molar-refractivity contribution >= 4 is 17.5 Å². The molecule has 1 aliphatic heterocycles. The first kappa shape index (κ1) is 21.3. The summed E-state index contributed by atoms with van der Waals surface area (Å²) in [6.07, 6.45) is 5.39. The summed E-state index contributed by atoms with van der Waals surface area (Å²) >= 11 is 6.32. The normalized spacial score (nSPS) is 14.9. The fourth-order valence-electron chi connectivity index (χ4n) is 3.81. The first-order valence-corrected chi connectivity index (χ1v) is 10.6. The largest absolute Gasteiger partial charge is 0.456 e. The summed E-state index contributed by atoms with van der Waals surface area (Å²) in [7, 11) is 0. The van der Waals surface area contributed by atoms with Crippen molar-refractivity contribution in [2.45, 2.75) is 18.9 Å². The van der Waals surface area contributed by atoms with Crippen molar-refractivity contribution in [3.63, 3.8) is 0 Å². The van der Waals surface area contributed by atoms with E-state index in [1.807, 2.05) is 0 Å². The number of halogens is 2. The summed E-state index contributed by atoms with van der Waals surface area (Å²) < 4.78 is 20.3. The van der Waals surface area contributed by atoms with Gasteiger partial charge in [-0.25, -0.2) is 4.39 Å². The van der Waals surface area contributed by atoms with Crippen LogP contribution in [0.2, 0.25) is 5.02 Å². The van der Waals surface area contributed by atoms with Gasteiger partial charge >= 0.3 is 0 Å². The van der Waals surface area contributed by atoms with Crippen molar-refractivity contribution in [2.24, 2.45) is 0 Å². The van der Waals surface area contributed by atoms with Gasteiger partial charge in [0.25, 0.3) is 5.91 Å². The van der Waals surface area contributed by atoms with Gasteiger partial charge in [0.05, 0.1) is 12.2 Å². The fraction of sp³-hybridized carbons (Fsp3) is 0.250. The standard InChI is InChI=1S/C24H23ClFN3O2/c25-20-6-3-7-21(26)23(20)22(29-13-1-2-14-29)16-28-24(30)17-8-10-18(11-9-17)31-19-5-4-12-27-15-19/h3-12,15,22H,1-2,13-14,16H2,(H,28,30). The number of hydrogen-bond acceptors (Lipinski definition) is 4. The van der Waals surface area contributed by atoms with Crippen LogP contribution in [0.25, 0.3) is 0 Å². The number of aromatic nitrogens is 1. The van der Waals surface area contributed by atoms with E-state index in [4.69, 9.17) is 16.3 Å². The summed E-state index contributed by atoms with van der Waals surface area (Å²) in [4.78, 5) is 18.9. The van der Waals surface area contributed by atoms with Crippen molar-refractivity contribution in [3.05, 3.63) is 89.0 Å². The molecule has 1 aliphatic rings. The quantitative estimate of drug-likeness (QED) is 0.547. The van der Waals surface area contributed by atoms with Gasteiger partial charge in [-0.3, -0.25) is 14.7 Å². The number of nitrogens with one attached hydrogen (secondary N) is 1. The molecule has 4 rings (SSSR count). The lowest BCUT2D eigenvalue weighted by molar-refractivity contribution is 0.0937. The predicted octanol–water partition coefficient (Wildman–Crippen LogP) is 5.23. The molecule has 0 spiro atoms. The molecule has 160 valence electrons. The Morgan fingerprint density at radius 3 is 2.55 bits per heavy atom. The minimum absolute atomic E-state index is 0.232. The van der Waals surface area contributed by atoms with Crippen LogP contribution in [-0.4, -0.2) is 35.4 Å². The Hall–Kier alpha value is -2.96. The lowest BCUT2D eigenvalue weighted by Crippen LogP contribution is -2.37. The second-order valence-electron chi connectivity index (χ2n) is 7.42. The molecule has 5 nitrogen and oxygen atoms in total. The Balaban J connectivity index is 1.44. The second-order valence-corrected chi connectivity index (χ2v) is 7.83. The van der Waals surface area contributed by atoms with E-state index in [1.54, 1.807) is 60.9 Å². The molecular formula is C24H23ClFN3O2. The number of benzene rings is 2. The lowest BCUT2D eigenvalue weighted by Gasteiger charge is -2.29. The smallest absolute Gasteiger partial charge is 0.251 e. The van der Waals surface area contributed by atoms with Crippen LogP contribution in [0.5, 0.6) is 11.5 Å². The minimum atomic E-state index is -0.351. The zero-order chi connectivity index (χ0) is 21.6. The van der Waals surface area contributed by atoms with Gasteiger partial charge in [0.1, 0.15) is 17.3 Å². The molecule has 3 aromatic rings. The lowest BCUT2D eigenvalue weighted by atomic mass is 10.0. The maximum Gasteiger partial charge on any atom is 0.251 e. The van der Waals surface area contributed by atoms with Crippen LogP contribution in [-0.2, 0) is 0 Å². The van der Waals surface area contributed by atoms with Crippen LogP contribution in [0.4, 0.5) is 4.39 Å². The van der Waals surface area contributed by atoms with E-state index in [0.29, 0.717) is 27.6 Å². The zero-order valence-corrected chi connectivity index (χ0v) is 17.7. The highest BCUT2D eigenvalue weighted by Gasteiger charge is 2.28. The van der Waals surface area contributed by atoms with E-state index in [9.17, 15) is 9.18 Å². The highest BCUT2D eigenvalue weighted by Crippen LogP contribution is 2.32. The van der Waals surface area contributed by atoms with Gasteiger partial charge < -0.3 is 10.1 Å². The first-order chi connectivity index (χ1) is 15.1. The summed E-state index contributed by atoms with van der Waals surface area (Å²) in [5.41, 5.74) is 0.935. The van der Waals surface area contributed by atoms with Gasteiger partial charge in [-0.15, -0.1) is 0 Å². The highest BCUT2D eigenvalue weighted by molar-refractivity contribution is 6.31. The molecule has 1 N–H and O–H groups in total. The van der Waals surface area contributed by atoms with Gasteiger partial charge in [-0.1, -0.05) is 17.7 Å². The molecule has 1 unspecified atom stereocenters. The third-order valence-electron chi connectivity index (χ3n) is 5.36. The second kappa shape index (κ2) is 9.90. The third-order valence-corrected chi connectivity index (χ3v) is 5.69. The Morgan fingerprint density at radius 1 is 1.10 bits per heavy atom. The molecule has 0 bridgehead atoms. The minimum Gasteiger partial charge on any atom is -0.456 e. The Kier molecular flexibility index (Phi) is 6.79. The van der Waals surface area contributed by atoms with E-state index in [1.165, 1.54) is 6.07 Å². The molecule has 2 heterocycles. The van der Waals surface area contributed by atoms with Crippen LogP contribution in [0.15, 0.2) is 67.0 Å². The van der Waals surface area contributed by atoms with E-state index in [0.717, 1.165) is 25.9 Å². The van der Waals surface area contributed by atoms with Gasteiger partial charge in [-0.05, 0) is 74.5 Å². The number of amides is 1. The maximum absolute atomic E-state index is 14.6. The van der Waals surface area contributed by atoms with Crippen molar-refractivity contribution in [1.29, 1.82) is 0 Å². The number of hydrogen-bond donors (Lipinski definition) is 1. The van der Waals surface area contributed by atoms with Crippen molar-refractivity contribution < 1.29 is 13.9 Å². The van der Waals surface area contributed by atoms with Crippen LogP contribution >= 0.6 is 11.6 Å². The Bertz CT molecular complexity index is 1000. The van der Waals surface area contributed by atoms with Crippen molar-refractivity contribution in [3.8, 4) is 11.5 Å². The summed E-state index contributed by atoms with van der Waals surface area (Å²) in [6, 6.07) is 14.8. The van der Waals surface area contributed by atoms with Crippen molar-refractivity contribution in [1.82, 2.24) is 15.2 Å². The number of carbonyl (C=O) groups excluding carboxylic acids is 1. The zero-order valence-electron chi connectivity index (χ0n) is 16.9. The molecular weight excluding hydrogens is 417 g/mol. The molecule has 31 heavy (non-hydrogen) atoms. The number of nitrogens with zero attached hydrogens (tertiary/aromatic N) is 2. The van der Waals surface area contributed by atoms with Crippen LogP contribution in [0, 0.1) is 5.82 Å². The third kappa shape index (κ3) is 5.21. The van der Waals surface area contributed by atoms with Gasteiger partial charge in [-0.2, -0.15) is 0 Å². The molecule has 0 aliphatic carbocycles. The molecule has 1 amide bonds. The molecule has 0 radical (unpaired) electrons. The summed E-state index contributed by atoms with van der Waals surface area (Å²) in [5, 5.41) is 3.32. The molecule has 7 heteroatoms. The maximum atomic E-state index is 14.6. The Labute approximate surface area is 185 Å². The first-order valence-electron chi connectivity index (χ1n) is 10.3. The molecule has 0 saturated carbocycles. The average Bonchev–Trinajstić information content (AvgIpc) is 3.31. The number of likely N-dealkylation sites (tertiary alicyclic amines) is 1. The summed E-state index contributed by atoms with van der Waals surface area (Å²) in [6.45, 7) is 1.98. The monoisotopic (exact) mass is 439 g/mol. The predicted molar refractivity (Wildman–Crippen MR) is 118 cm³/mol. The SMILES string of the molecule is O=C(NCC(c1c(F)cccc1Cl)N1CCCC1)c1ccc(Oc2cccnc2)cc1. The molecule has 1 fully saturated rings. The van der Waals surface area contributed by atoms with Crippen LogP contribution in [0.1, 0.15) is 34.8 Å². The molecule has 1 atom stereocenters. The van der Waals surface area contributed by atoms with E-state index in [-0.39, 0.29) is 24.3 Å². The fourth-order valence-corrected chi connectivity index (χ4v) is 4.09. The number of rotatable bonds is 7. The Morgan fingerprint density at radius 2 is 1.87 bits per heavy atom. The topological polar surface area (TPSA) is 54.5 Å². The number of ether oxygens (including phenoxy) is 1. The number of pyridine rings is 1. The molecule has 2 aromatic carbocycles. The summed E-state index contributed by atoms with van der Waals surface area (Å²) in [5.74, 6) is 0.646. The average molecular weight is 440 g/mol. The van der Waals surface area contributed by atoms with Gasteiger partial charge in [0.2, 0.25) is 0 Å². The van der Waals surface area contributed by atoms with E-state index in [2.05, 4.69) is 15.2 Å². The van der Waals surface area contributed by atoms with Gasteiger partial charge in [0, 0.05) is 28.9 Å². The van der Waals surface area contributed by atoms with Crippen LogP contribution < -0.4 is 10.1 Å². The molecule has 1 saturated heterocycles. The van der Waals surface area contributed by atoms with E-state index < -0.39 is 0 Å². The van der Waals surface area contributed by atoms with Crippen molar-refractivity contribution in [2.75, 3.05) is 19.6 Å². The van der Waals surface area contributed by atoms with E-state index >= 15 is 0 Å².